The Morgan fingerprint density at radius 3 is 1.76 bits per heavy atom. The van der Waals surface area contributed by atoms with Gasteiger partial charge in [-0.25, -0.2) is 0 Å². The van der Waals surface area contributed by atoms with Crippen molar-refractivity contribution < 1.29 is 32.5 Å². The maximum atomic E-state index is 8.75. The van der Waals surface area contributed by atoms with E-state index in [1.54, 1.807) is 18.2 Å². The first-order valence-electron chi connectivity index (χ1n) is 14.0. The molecule has 0 spiro atoms. The molecule has 4 rings (SSSR count). The van der Waals surface area contributed by atoms with Gasteiger partial charge in [-0.1, -0.05) is 97.1 Å². The van der Waals surface area contributed by atoms with Crippen LogP contribution >= 0.6 is 0 Å². The first-order valence-corrected chi connectivity index (χ1v) is 12.3. The molecule has 0 N–H and O–H groups in total. The molecule has 0 bridgehead atoms. The van der Waals surface area contributed by atoms with Crippen LogP contribution in [0.4, 0.5) is 0 Å². The van der Waals surface area contributed by atoms with Crippen molar-refractivity contribution >= 4 is 0 Å². The molecule has 3 aromatic carbocycles. The highest BCUT2D eigenvalue weighted by atomic mass is 16.7. The maximum Gasteiger partial charge on any atom is 0.186 e. The predicted octanol–water partition coefficient (Wildman–Crippen LogP) is 5.32. The minimum atomic E-state index is -1.06. The Morgan fingerprint density at radius 1 is 0.730 bits per heavy atom. The van der Waals surface area contributed by atoms with Crippen LogP contribution < -0.4 is 0 Å². The van der Waals surface area contributed by atoms with E-state index in [9.17, 15) is 0 Å². The van der Waals surface area contributed by atoms with Gasteiger partial charge >= 0.3 is 0 Å². The monoisotopic (exact) mass is 507 g/mol. The molecule has 1 aliphatic heterocycles. The lowest BCUT2D eigenvalue weighted by molar-refractivity contribution is -0.320. The van der Waals surface area contributed by atoms with Crippen molar-refractivity contribution in [3.63, 3.8) is 0 Å². The molecule has 0 amide bonds. The molecular formula is C31H36O6. The van der Waals surface area contributed by atoms with E-state index in [2.05, 4.69) is 6.58 Å². The number of methoxy groups -OCH3 is 1. The van der Waals surface area contributed by atoms with Crippen LogP contribution in [-0.4, -0.2) is 51.0 Å². The average Bonchev–Trinajstić information content (AvgIpc) is 3.01. The van der Waals surface area contributed by atoms with Crippen LogP contribution in [-0.2, 0) is 48.2 Å². The third-order valence-electron chi connectivity index (χ3n) is 5.83. The van der Waals surface area contributed by atoms with E-state index in [0.29, 0.717) is 16.7 Å². The minimum Gasteiger partial charge on any atom is -0.374 e. The van der Waals surface area contributed by atoms with E-state index in [0.717, 1.165) is 0 Å². The van der Waals surface area contributed by atoms with E-state index in [1.165, 1.54) is 7.11 Å². The highest BCUT2D eigenvalue weighted by Gasteiger charge is 2.48. The summed E-state index contributed by atoms with van der Waals surface area (Å²) in [7, 11) is 1.49. The Labute approximate surface area is 223 Å². The zero-order valence-corrected chi connectivity index (χ0v) is 20.9. The number of hydrogen-bond donors (Lipinski definition) is 0. The lowest BCUT2D eigenvalue weighted by Crippen LogP contribution is -2.61. The molecule has 0 aromatic heterocycles. The normalized spacial score (nSPS) is 27.3. The number of hydrogen-bond acceptors (Lipinski definition) is 6. The first-order chi connectivity index (χ1) is 19.5. The van der Waals surface area contributed by atoms with Gasteiger partial charge in [0.2, 0.25) is 0 Å². The van der Waals surface area contributed by atoms with Crippen molar-refractivity contribution in [1.29, 1.82) is 0 Å². The fourth-order valence-corrected chi connectivity index (χ4v) is 4.03. The van der Waals surface area contributed by atoms with Gasteiger partial charge in [-0.05, 0) is 16.7 Å². The molecule has 1 heterocycles. The summed E-state index contributed by atoms with van der Waals surface area (Å²) in [5, 5.41) is 0. The molecular weight excluding hydrogens is 468 g/mol. The number of rotatable bonds is 14. The molecule has 0 saturated carbocycles. The molecule has 196 valence electrons. The number of ether oxygens (including phenoxy) is 6. The third-order valence-corrected chi connectivity index (χ3v) is 5.83. The molecule has 8 atom stereocenters. The molecule has 1 saturated heterocycles. The largest absolute Gasteiger partial charge is 0.374 e. The van der Waals surface area contributed by atoms with Gasteiger partial charge in [0.1, 0.15) is 24.4 Å². The lowest BCUT2D eigenvalue weighted by Gasteiger charge is -2.45. The van der Waals surface area contributed by atoms with Gasteiger partial charge in [0, 0.05) is 7.11 Å². The Hall–Kier alpha value is -2.84. The van der Waals surface area contributed by atoms with Crippen LogP contribution in [0.2, 0.25) is 0 Å². The first kappa shape index (κ1) is 23.3. The fourth-order valence-electron chi connectivity index (χ4n) is 4.03. The van der Waals surface area contributed by atoms with Crippen LogP contribution in [0, 0.1) is 0 Å². The quantitative estimate of drug-likeness (QED) is 0.276. The van der Waals surface area contributed by atoms with Gasteiger partial charge in [-0.2, -0.15) is 0 Å². The summed E-state index contributed by atoms with van der Waals surface area (Å²) in [5.74, 6) is 0. The van der Waals surface area contributed by atoms with Gasteiger partial charge < -0.3 is 28.4 Å². The van der Waals surface area contributed by atoms with Crippen LogP contribution in [0.15, 0.2) is 104 Å². The van der Waals surface area contributed by atoms with Gasteiger partial charge in [-0.3, -0.25) is 0 Å². The van der Waals surface area contributed by atoms with E-state index in [-0.39, 0.29) is 13.2 Å². The van der Waals surface area contributed by atoms with E-state index in [1.807, 2.05) is 78.9 Å². The van der Waals surface area contributed by atoms with Gasteiger partial charge in [0.05, 0.1) is 37.1 Å². The lowest BCUT2D eigenvalue weighted by atomic mass is 9.98. The van der Waals surface area contributed by atoms with Crippen LogP contribution in [0.5, 0.6) is 0 Å². The summed E-state index contributed by atoms with van der Waals surface area (Å²) < 4.78 is 62.4. The van der Waals surface area contributed by atoms with Gasteiger partial charge in [0.15, 0.2) is 6.29 Å². The Kier molecular flexibility index (Phi) is 9.31. The van der Waals surface area contributed by atoms with E-state index >= 15 is 0 Å². The van der Waals surface area contributed by atoms with Crippen molar-refractivity contribution in [1.82, 2.24) is 0 Å². The second-order valence-corrected chi connectivity index (χ2v) is 8.49. The van der Waals surface area contributed by atoms with Crippen molar-refractivity contribution in [3.05, 3.63) is 120 Å². The molecule has 37 heavy (non-hydrogen) atoms. The van der Waals surface area contributed by atoms with Crippen molar-refractivity contribution in [2.75, 3.05) is 20.3 Å². The smallest absolute Gasteiger partial charge is 0.186 e. The van der Waals surface area contributed by atoms with E-state index < -0.39 is 50.5 Å². The average molecular weight is 508 g/mol. The standard InChI is InChI=1S/C31H36O6/c1-3-19-34-29-28(35-21-25-15-9-5-10-16-25)27(23-33-20-24-13-7-4-8-14-24)37-31(32-2)30(29)36-22-26-17-11-6-12-18-26/h3-18,27-31H,1,19-23H2,2H3/t27-,28+,29+,30-,31?/m1/s1/i20D,21D,22D/t20?,21?,22?,27-,28+,29+,30-,31?. The molecule has 0 aliphatic carbocycles. The Morgan fingerprint density at radius 2 is 1.24 bits per heavy atom. The number of benzene rings is 3. The fraction of sp³-hybridized carbons (Fsp3) is 0.355. The molecule has 6 heteroatoms. The third kappa shape index (κ3) is 8.07. The summed E-state index contributed by atoms with van der Waals surface area (Å²) >= 11 is 0. The van der Waals surface area contributed by atoms with Crippen LogP contribution in [0.3, 0.4) is 0 Å². The Balaban J connectivity index is 1.61. The molecule has 0 radical (unpaired) electrons. The van der Waals surface area contributed by atoms with E-state index in [4.69, 9.17) is 32.5 Å². The Bertz CT molecular complexity index is 1140. The molecule has 1 aliphatic rings. The second-order valence-electron chi connectivity index (χ2n) is 8.49. The molecule has 3 aromatic rings. The zero-order chi connectivity index (χ0) is 28.3. The topological polar surface area (TPSA) is 55.4 Å². The minimum absolute atomic E-state index is 0.0290. The van der Waals surface area contributed by atoms with Crippen molar-refractivity contribution in [2.24, 2.45) is 0 Å². The predicted molar refractivity (Wildman–Crippen MR) is 142 cm³/mol. The molecule has 4 unspecified atom stereocenters. The maximum absolute atomic E-state index is 8.75. The summed E-state index contributed by atoms with van der Waals surface area (Å²) in [5.41, 5.74) is 2.01. The van der Waals surface area contributed by atoms with Gasteiger partial charge in [0.25, 0.3) is 0 Å². The van der Waals surface area contributed by atoms with Crippen LogP contribution in [0.1, 0.15) is 20.8 Å². The summed E-state index contributed by atoms with van der Waals surface area (Å²) in [6, 6.07) is 27.5. The van der Waals surface area contributed by atoms with Crippen molar-refractivity contribution in [2.45, 2.75) is 50.5 Å². The van der Waals surface area contributed by atoms with Crippen molar-refractivity contribution in [3.8, 4) is 0 Å². The molecule has 1 fully saturated rings. The second kappa shape index (κ2) is 14.8. The highest BCUT2D eigenvalue weighted by Crippen LogP contribution is 2.30. The zero-order valence-electron chi connectivity index (χ0n) is 23.9. The van der Waals surface area contributed by atoms with Crippen LogP contribution in [0.25, 0.3) is 0 Å². The summed E-state index contributed by atoms with van der Waals surface area (Å²) in [6.45, 7) is 0.846. The molecule has 6 nitrogen and oxygen atoms in total. The SMILES string of the molecule is [2H]C(OC[C@H]1OC(OC)[C@H](OC([2H])c2ccccc2)[C@@H](OCC=C)[C@H]1OC([2H])c1ccccc1)c1ccccc1. The van der Waals surface area contributed by atoms with Gasteiger partial charge in [-0.15, -0.1) is 6.58 Å². The highest BCUT2D eigenvalue weighted by molar-refractivity contribution is 5.15. The summed E-state index contributed by atoms with van der Waals surface area (Å²) in [6.07, 6.45) is -2.63. The summed E-state index contributed by atoms with van der Waals surface area (Å²) in [4.78, 5) is 0.